The zero-order chi connectivity index (χ0) is 27.0. The molecule has 0 radical (unpaired) electrons. The summed E-state index contributed by atoms with van der Waals surface area (Å²) in [5.74, 6) is -0.291. The Balaban J connectivity index is 1.52. The van der Waals surface area contributed by atoms with Gasteiger partial charge >= 0.3 is 0 Å². The van der Waals surface area contributed by atoms with Crippen LogP contribution < -0.4 is 16.2 Å². The molecule has 3 heterocycles. The van der Waals surface area contributed by atoms with Crippen molar-refractivity contribution in [3.63, 3.8) is 0 Å². The fourth-order valence-electron chi connectivity index (χ4n) is 4.08. The second kappa shape index (κ2) is 10.2. The van der Waals surface area contributed by atoms with E-state index in [0.29, 0.717) is 42.6 Å². The van der Waals surface area contributed by atoms with Gasteiger partial charge in [-0.15, -0.1) is 0 Å². The molecule has 1 fully saturated rings. The van der Waals surface area contributed by atoms with Crippen molar-refractivity contribution in [2.45, 2.75) is 37.2 Å². The Labute approximate surface area is 213 Å². The number of hydrogen-bond acceptors (Lipinski definition) is 9. The molecule has 1 aliphatic rings. The van der Waals surface area contributed by atoms with Crippen LogP contribution in [0.15, 0.2) is 46.2 Å². The molecular weight excluding hydrogens is 524 g/mol. The van der Waals surface area contributed by atoms with Crippen molar-refractivity contribution in [1.29, 1.82) is 0 Å². The first-order chi connectivity index (χ1) is 17.3. The average Bonchev–Trinajstić information content (AvgIpc) is 2.81. The Kier molecular flexibility index (Phi) is 7.32. The first-order valence-corrected chi connectivity index (χ1v) is 14.6. The molecule has 13 nitrogen and oxygen atoms in total. The minimum atomic E-state index is -4.38. The summed E-state index contributed by atoms with van der Waals surface area (Å²) in [6.45, 7) is 1.96. The number of amides is 1. The predicted molar refractivity (Wildman–Crippen MR) is 136 cm³/mol. The lowest BCUT2D eigenvalue weighted by atomic mass is 10.1. The summed E-state index contributed by atoms with van der Waals surface area (Å²) in [5.41, 5.74) is 0.520. The number of hydrogen-bond donors (Lipinski definition) is 3. The van der Waals surface area contributed by atoms with Gasteiger partial charge in [0, 0.05) is 42.5 Å². The number of nitrogens with one attached hydrogen (secondary N) is 2. The Morgan fingerprint density at radius 3 is 2.46 bits per heavy atom. The van der Waals surface area contributed by atoms with Crippen molar-refractivity contribution >= 4 is 48.7 Å². The molecule has 1 amide bonds. The van der Waals surface area contributed by atoms with Gasteiger partial charge in [-0.05, 0) is 49.6 Å². The summed E-state index contributed by atoms with van der Waals surface area (Å²) in [4.78, 5) is 33.8. The molecule has 198 valence electrons. The molecule has 2 aromatic heterocycles. The lowest BCUT2D eigenvalue weighted by Gasteiger charge is -2.30. The predicted octanol–water partition coefficient (Wildman–Crippen LogP) is 0.821. The number of carbonyl (C=O) groups excluding carboxylic acids is 1. The number of pyridine rings is 1. The molecule has 3 N–H and O–H groups in total. The standard InChI is InChI=1S/C22H26N6O7S2/c1-14-11-17(37(33,34)35)4-5-18(14)25-19(29)13-28-20(30)6-3-15-12-23-22(26-21(15)28)24-16-7-9-27(10-8-16)36(2,31)32/h3-6,11-12,16H,7-10,13H2,1-2H3,(H,25,29)(H,23,24,26)(H,33,34,35). The number of aromatic nitrogens is 3. The van der Waals surface area contributed by atoms with Gasteiger partial charge in [-0.1, -0.05) is 0 Å². The van der Waals surface area contributed by atoms with E-state index in [4.69, 9.17) is 0 Å². The van der Waals surface area contributed by atoms with Gasteiger partial charge in [0.25, 0.3) is 15.7 Å². The van der Waals surface area contributed by atoms with E-state index in [1.54, 1.807) is 13.0 Å². The van der Waals surface area contributed by atoms with Crippen LogP contribution in [0.2, 0.25) is 0 Å². The number of piperidine rings is 1. The molecule has 15 heteroatoms. The Hall–Kier alpha value is -3.40. The van der Waals surface area contributed by atoms with Gasteiger partial charge in [0.15, 0.2) is 0 Å². The van der Waals surface area contributed by atoms with Gasteiger partial charge in [0.05, 0.1) is 11.2 Å². The third-order valence-corrected chi connectivity index (χ3v) is 8.20. The van der Waals surface area contributed by atoms with Gasteiger partial charge in [-0.2, -0.15) is 13.4 Å². The van der Waals surface area contributed by atoms with Crippen LogP contribution in [0, 0.1) is 6.92 Å². The second-order valence-corrected chi connectivity index (χ2v) is 12.2. The third-order valence-electron chi connectivity index (χ3n) is 6.05. The van der Waals surface area contributed by atoms with Crippen LogP contribution in [0.25, 0.3) is 11.0 Å². The van der Waals surface area contributed by atoms with E-state index in [1.807, 2.05) is 0 Å². The number of nitrogens with zero attached hydrogens (tertiary/aromatic N) is 4. The molecule has 0 bridgehead atoms. The number of benzene rings is 1. The summed E-state index contributed by atoms with van der Waals surface area (Å²) >= 11 is 0. The molecule has 0 saturated carbocycles. The van der Waals surface area contributed by atoms with Crippen molar-refractivity contribution in [1.82, 2.24) is 18.8 Å². The van der Waals surface area contributed by atoms with E-state index in [1.165, 1.54) is 39.5 Å². The van der Waals surface area contributed by atoms with Crippen molar-refractivity contribution in [2.75, 3.05) is 30.0 Å². The third kappa shape index (κ3) is 6.30. The van der Waals surface area contributed by atoms with E-state index in [9.17, 15) is 31.0 Å². The smallest absolute Gasteiger partial charge is 0.294 e. The van der Waals surface area contributed by atoms with E-state index >= 15 is 0 Å². The molecule has 0 aliphatic carbocycles. The van der Waals surface area contributed by atoms with Crippen molar-refractivity contribution in [3.05, 3.63) is 52.4 Å². The second-order valence-electron chi connectivity index (χ2n) is 8.81. The molecule has 4 rings (SSSR count). The lowest BCUT2D eigenvalue weighted by molar-refractivity contribution is -0.116. The number of aryl methyl sites for hydroxylation is 1. The minimum absolute atomic E-state index is 0.0590. The van der Waals surface area contributed by atoms with Crippen molar-refractivity contribution < 1.29 is 26.2 Å². The zero-order valence-corrected chi connectivity index (χ0v) is 21.7. The van der Waals surface area contributed by atoms with Crippen LogP contribution in [0.4, 0.5) is 11.6 Å². The zero-order valence-electron chi connectivity index (χ0n) is 20.1. The minimum Gasteiger partial charge on any atom is -0.351 e. The first kappa shape index (κ1) is 26.7. The van der Waals surface area contributed by atoms with E-state index < -0.39 is 31.6 Å². The number of sulfonamides is 1. The summed E-state index contributed by atoms with van der Waals surface area (Å²) in [6, 6.07) is 6.53. The van der Waals surface area contributed by atoms with Crippen LogP contribution in [0.3, 0.4) is 0 Å². The number of rotatable bonds is 7. The first-order valence-electron chi connectivity index (χ1n) is 11.3. The number of anilines is 2. The molecule has 1 aliphatic heterocycles. The fraction of sp³-hybridized carbons (Fsp3) is 0.364. The highest BCUT2D eigenvalue weighted by molar-refractivity contribution is 7.88. The monoisotopic (exact) mass is 550 g/mol. The van der Waals surface area contributed by atoms with Gasteiger partial charge in [0.2, 0.25) is 21.9 Å². The molecule has 0 spiro atoms. The molecular formula is C22H26N6O7S2. The van der Waals surface area contributed by atoms with Gasteiger partial charge in [-0.25, -0.2) is 17.7 Å². The average molecular weight is 551 g/mol. The Morgan fingerprint density at radius 1 is 1.14 bits per heavy atom. The molecule has 1 saturated heterocycles. The quantitative estimate of drug-likeness (QED) is 0.356. The molecule has 3 aromatic rings. The SMILES string of the molecule is Cc1cc(S(=O)(=O)O)ccc1NC(=O)Cn1c(=O)ccc2cnc(NC3CCN(S(C)(=O)=O)CC3)nc21. The van der Waals surface area contributed by atoms with E-state index in [-0.39, 0.29) is 29.1 Å². The number of fused-ring (bicyclic) bond motifs is 1. The van der Waals surface area contributed by atoms with Gasteiger partial charge < -0.3 is 10.6 Å². The Bertz CT molecular complexity index is 1630. The normalized spacial score (nSPS) is 15.5. The van der Waals surface area contributed by atoms with Crippen LogP contribution in [0.1, 0.15) is 18.4 Å². The maximum Gasteiger partial charge on any atom is 0.294 e. The summed E-state index contributed by atoms with van der Waals surface area (Å²) in [5, 5.41) is 6.36. The summed E-state index contributed by atoms with van der Waals surface area (Å²) < 4.78 is 57.9. The fourth-order valence-corrected chi connectivity index (χ4v) is 5.52. The van der Waals surface area contributed by atoms with Crippen LogP contribution >= 0.6 is 0 Å². The topological polar surface area (TPSA) is 181 Å². The molecule has 0 unspecified atom stereocenters. The highest BCUT2D eigenvalue weighted by atomic mass is 32.2. The maximum atomic E-state index is 12.8. The largest absolute Gasteiger partial charge is 0.351 e. The maximum absolute atomic E-state index is 12.8. The Morgan fingerprint density at radius 2 is 1.84 bits per heavy atom. The lowest BCUT2D eigenvalue weighted by Crippen LogP contribution is -2.42. The number of carbonyl (C=O) groups is 1. The van der Waals surface area contributed by atoms with Crippen molar-refractivity contribution in [2.24, 2.45) is 0 Å². The molecule has 1 aromatic carbocycles. The molecule has 0 atom stereocenters. The van der Waals surface area contributed by atoms with Crippen LogP contribution in [-0.4, -0.2) is 71.5 Å². The summed E-state index contributed by atoms with van der Waals surface area (Å²) in [7, 11) is -7.63. The van der Waals surface area contributed by atoms with Gasteiger partial charge in [-0.3, -0.25) is 18.7 Å². The highest BCUT2D eigenvalue weighted by Gasteiger charge is 2.25. The van der Waals surface area contributed by atoms with E-state index in [2.05, 4.69) is 20.6 Å². The van der Waals surface area contributed by atoms with E-state index in [0.717, 1.165) is 6.07 Å². The van der Waals surface area contributed by atoms with Crippen LogP contribution in [0.5, 0.6) is 0 Å². The molecule has 37 heavy (non-hydrogen) atoms. The van der Waals surface area contributed by atoms with Crippen molar-refractivity contribution in [3.8, 4) is 0 Å². The van der Waals surface area contributed by atoms with Gasteiger partial charge in [0.1, 0.15) is 12.2 Å². The highest BCUT2D eigenvalue weighted by Crippen LogP contribution is 2.20. The summed E-state index contributed by atoms with van der Waals surface area (Å²) in [6.07, 6.45) is 3.84. The van der Waals surface area contributed by atoms with Crippen LogP contribution in [-0.2, 0) is 31.5 Å².